The minimum atomic E-state index is -2.49. The number of nitrogens with zero attached hydrogens (tertiary/aromatic N) is 1. The zero-order chi connectivity index (χ0) is 16.3. The summed E-state index contributed by atoms with van der Waals surface area (Å²) in [5.74, 6) is -3.47. The molecule has 0 spiro atoms. The third-order valence-electron chi connectivity index (χ3n) is 2.47. The van der Waals surface area contributed by atoms with Crippen LogP contribution >= 0.6 is 35.7 Å². The van der Waals surface area contributed by atoms with E-state index in [1.54, 1.807) is 12.1 Å². The van der Waals surface area contributed by atoms with Crippen LogP contribution in [0, 0.1) is 0 Å². The highest BCUT2D eigenvalue weighted by Gasteiger charge is 2.33. The smallest absolute Gasteiger partial charge is 0.323 e. The number of rotatable bonds is 6. The molecule has 118 valence electrons. The van der Waals surface area contributed by atoms with Crippen molar-refractivity contribution in [3.8, 4) is 0 Å². The van der Waals surface area contributed by atoms with Gasteiger partial charge < -0.3 is 9.52 Å². The van der Waals surface area contributed by atoms with E-state index in [1.165, 1.54) is 6.08 Å². The molecule has 0 atom stereocenters. The predicted molar refractivity (Wildman–Crippen MR) is 83.5 cm³/mol. The average molecular weight is 365 g/mol. The average Bonchev–Trinajstić information content (AvgIpc) is 2.97. The van der Waals surface area contributed by atoms with Crippen molar-refractivity contribution in [2.24, 2.45) is 0 Å². The quantitative estimate of drug-likeness (QED) is 0.614. The summed E-state index contributed by atoms with van der Waals surface area (Å²) in [6.45, 7) is -0.504. The Balaban J connectivity index is 2.08. The van der Waals surface area contributed by atoms with Crippen molar-refractivity contribution in [3.63, 3.8) is 0 Å². The van der Waals surface area contributed by atoms with Crippen molar-refractivity contribution in [2.45, 2.75) is 11.5 Å². The Morgan fingerprint density at radius 3 is 2.91 bits per heavy atom. The molecule has 1 N–H and O–H groups in total. The van der Waals surface area contributed by atoms with Gasteiger partial charge in [-0.05, 0) is 12.1 Å². The second kappa shape index (κ2) is 7.25. The molecule has 10 heteroatoms. The Labute approximate surface area is 137 Å². The van der Waals surface area contributed by atoms with Gasteiger partial charge in [-0.2, -0.15) is 8.78 Å². The molecule has 0 aliphatic carbocycles. The predicted octanol–water partition coefficient (Wildman–Crippen LogP) is 3.02. The van der Waals surface area contributed by atoms with E-state index in [4.69, 9.17) is 21.7 Å². The molecule has 1 amide bonds. The number of carbonyl (C=O) groups is 2. The molecule has 0 saturated carbocycles. The monoisotopic (exact) mass is 365 g/mol. The van der Waals surface area contributed by atoms with Crippen LogP contribution in [0.2, 0.25) is 0 Å². The maximum atomic E-state index is 12.1. The molecule has 0 aromatic carbocycles. The third kappa shape index (κ3) is 4.31. The molecule has 1 aliphatic rings. The number of carboxylic acids is 1. The first-order valence-corrected chi connectivity index (χ1v) is 8.10. The number of aliphatic carboxylic acids is 1. The highest BCUT2D eigenvalue weighted by molar-refractivity contribution is 8.26. The number of hydrogen-bond acceptors (Lipinski definition) is 6. The van der Waals surface area contributed by atoms with Crippen molar-refractivity contribution in [3.05, 3.63) is 28.6 Å². The Morgan fingerprint density at radius 2 is 2.27 bits per heavy atom. The first-order valence-electron chi connectivity index (χ1n) is 5.82. The van der Waals surface area contributed by atoms with E-state index in [1.807, 2.05) is 0 Å². The van der Waals surface area contributed by atoms with Gasteiger partial charge in [0.25, 0.3) is 11.7 Å². The number of furan rings is 1. The van der Waals surface area contributed by atoms with Crippen LogP contribution in [0.25, 0.3) is 6.08 Å². The molecule has 0 bridgehead atoms. The molecular formula is C12H9F2NO4S3. The lowest BCUT2D eigenvalue weighted by Gasteiger charge is -2.09. The summed E-state index contributed by atoms with van der Waals surface area (Å²) in [6, 6.07) is 3.09. The van der Waals surface area contributed by atoms with Gasteiger partial charge in [-0.3, -0.25) is 14.5 Å². The molecule has 5 nitrogen and oxygen atoms in total. The molecular weight excluding hydrogens is 356 g/mol. The second-order valence-corrected chi connectivity index (χ2v) is 6.69. The minimum absolute atomic E-state index is 0.0193. The highest BCUT2D eigenvalue weighted by Crippen LogP contribution is 2.33. The normalized spacial score (nSPS) is 17.0. The maximum Gasteiger partial charge on any atom is 0.323 e. The van der Waals surface area contributed by atoms with Crippen LogP contribution in [-0.4, -0.2) is 38.5 Å². The zero-order valence-corrected chi connectivity index (χ0v) is 13.3. The molecule has 2 heterocycles. The number of thiocarbonyl (C=S) groups is 1. The summed E-state index contributed by atoms with van der Waals surface area (Å²) in [5, 5.41) is 8.73. The summed E-state index contributed by atoms with van der Waals surface area (Å²) < 4.78 is 29.7. The van der Waals surface area contributed by atoms with Crippen LogP contribution in [0.1, 0.15) is 11.5 Å². The first kappa shape index (κ1) is 17.0. The summed E-state index contributed by atoms with van der Waals surface area (Å²) in [6.07, 6.45) is 1.41. The number of hydrogen-bond donors (Lipinski definition) is 1. The Morgan fingerprint density at radius 1 is 1.55 bits per heavy atom. The minimum Gasteiger partial charge on any atom is -0.480 e. The number of thioether (sulfide) groups is 2. The van der Waals surface area contributed by atoms with E-state index in [0.29, 0.717) is 23.3 Å². The summed E-state index contributed by atoms with van der Waals surface area (Å²) >= 11 is 6.35. The van der Waals surface area contributed by atoms with Crippen molar-refractivity contribution in [1.82, 2.24) is 4.90 Å². The number of halogens is 2. The van der Waals surface area contributed by atoms with Crippen LogP contribution in [0.5, 0.6) is 0 Å². The van der Waals surface area contributed by atoms with E-state index < -0.39 is 24.2 Å². The summed E-state index contributed by atoms with van der Waals surface area (Å²) in [5.41, 5.74) is 0. The van der Waals surface area contributed by atoms with Crippen LogP contribution in [0.3, 0.4) is 0 Å². The largest absolute Gasteiger partial charge is 0.480 e. The Bertz CT molecular complexity index is 644. The zero-order valence-electron chi connectivity index (χ0n) is 10.8. The van der Waals surface area contributed by atoms with Gasteiger partial charge in [0.05, 0.1) is 10.7 Å². The lowest BCUT2D eigenvalue weighted by atomic mass is 10.3. The lowest BCUT2D eigenvalue weighted by Crippen LogP contribution is -2.33. The van der Waals surface area contributed by atoms with E-state index in [-0.39, 0.29) is 15.0 Å². The Kier molecular flexibility index (Phi) is 5.59. The molecule has 1 aromatic rings. The van der Waals surface area contributed by atoms with Gasteiger partial charge in [-0.15, -0.1) is 0 Å². The van der Waals surface area contributed by atoms with Crippen molar-refractivity contribution < 1.29 is 27.9 Å². The maximum absolute atomic E-state index is 12.1. The van der Waals surface area contributed by atoms with Gasteiger partial charge in [0.15, 0.2) is 0 Å². The Hall–Kier alpha value is -1.39. The SMILES string of the molecule is O=C(O)CN1C(=O)C(=Cc2ccc(CSC(F)F)o2)SC1=S. The number of carboxylic acid groups (broad SMARTS) is 1. The van der Waals surface area contributed by atoms with E-state index in [9.17, 15) is 18.4 Å². The number of carbonyl (C=O) groups excluding carboxylic acids is 1. The second-order valence-electron chi connectivity index (χ2n) is 4.04. The molecule has 22 heavy (non-hydrogen) atoms. The first-order chi connectivity index (χ1) is 10.4. The van der Waals surface area contributed by atoms with Gasteiger partial charge >= 0.3 is 5.97 Å². The van der Waals surface area contributed by atoms with E-state index in [2.05, 4.69) is 0 Å². The molecule has 2 rings (SSSR count). The highest BCUT2D eigenvalue weighted by atomic mass is 32.2. The fourth-order valence-corrected chi connectivity index (χ4v) is 3.28. The van der Waals surface area contributed by atoms with E-state index >= 15 is 0 Å². The molecule has 1 saturated heterocycles. The fourth-order valence-electron chi connectivity index (χ4n) is 1.60. The van der Waals surface area contributed by atoms with Crippen LogP contribution in [0.15, 0.2) is 21.5 Å². The lowest BCUT2D eigenvalue weighted by molar-refractivity contribution is -0.140. The van der Waals surface area contributed by atoms with Gasteiger partial charge in [-0.25, -0.2) is 0 Å². The van der Waals surface area contributed by atoms with Crippen LogP contribution in [0.4, 0.5) is 8.78 Å². The third-order valence-corrected chi connectivity index (χ3v) is 4.56. The van der Waals surface area contributed by atoms with Gasteiger partial charge in [0.1, 0.15) is 22.4 Å². The van der Waals surface area contributed by atoms with Crippen LogP contribution in [-0.2, 0) is 15.3 Å². The fraction of sp³-hybridized carbons (Fsp3) is 0.250. The van der Waals surface area contributed by atoms with Gasteiger partial charge in [0.2, 0.25) is 0 Å². The summed E-state index contributed by atoms with van der Waals surface area (Å²) in [7, 11) is 0. The van der Waals surface area contributed by atoms with Gasteiger partial charge in [0, 0.05) is 6.08 Å². The van der Waals surface area contributed by atoms with Crippen molar-refractivity contribution >= 4 is 58.0 Å². The molecule has 1 aliphatic heterocycles. The molecule has 0 unspecified atom stereocenters. The number of amides is 1. The van der Waals surface area contributed by atoms with Crippen molar-refractivity contribution in [1.29, 1.82) is 0 Å². The van der Waals surface area contributed by atoms with Gasteiger partial charge in [-0.1, -0.05) is 35.7 Å². The van der Waals surface area contributed by atoms with Crippen molar-refractivity contribution in [2.75, 3.05) is 6.54 Å². The molecule has 1 fully saturated rings. The van der Waals surface area contributed by atoms with Crippen LogP contribution < -0.4 is 0 Å². The standard InChI is InChI=1S/C12H9F2NO4S3/c13-11(14)21-5-7-2-1-6(19-7)3-8-10(18)15(4-9(16)17)12(20)22-8/h1-3,11H,4-5H2,(H,16,17). The topological polar surface area (TPSA) is 70.8 Å². The summed E-state index contributed by atoms with van der Waals surface area (Å²) in [4.78, 5) is 23.9. The molecule has 1 aromatic heterocycles. The van der Waals surface area contributed by atoms with E-state index in [0.717, 1.165) is 16.7 Å². The number of alkyl halides is 2. The molecule has 0 radical (unpaired) electrons.